The van der Waals surface area contributed by atoms with Crippen molar-refractivity contribution in [2.45, 2.75) is 19.6 Å². The number of amides is 1. The molecule has 152 valence electrons. The van der Waals surface area contributed by atoms with Gasteiger partial charge >= 0.3 is 6.18 Å². The Labute approximate surface area is 162 Å². The summed E-state index contributed by atoms with van der Waals surface area (Å²) in [7, 11) is 1.66. The van der Waals surface area contributed by atoms with Crippen molar-refractivity contribution < 1.29 is 22.9 Å². The second-order valence-electron chi connectivity index (χ2n) is 6.47. The molecule has 0 aliphatic rings. The van der Waals surface area contributed by atoms with Gasteiger partial charge in [-0.2, -0.15) is 18.3 Å². The molecular formula is C18H16F3N5O3. The van der Waals surface area contributed by atoms with Gasteiger partial charge in [0.25, 0.3) is 11.6 Å². The van der Waals surface area contributed by atoms with Gasteiger partial charge in [0, 0.05) is 30.3 Å². The van der Waals surface area contributed by atoms with Gasteiger partial charge in [0.05, 0.1) is 22.7 Å². The zero-order valence-corrected chi connectivity index (χ0v) is 15.5. The second kappa shape index (κ2) is 7.49. The number of benzene rings is 1. The number of aromatic nitrogens is 3. The normalized spacial score (nSPS) is 11.6. The van der Waals surface area contributed by atoms with Gasteiger partial charge in [0.1, 0.15) is 6.54 Å². The number of nitro benzene ring substituents is 1. The monoisotopic (exact) mass is 407 g/mol. The average Bonchev–Trinajstić information content (AvgIpc) is 2.93. The molecule has 0 radical (unpaired) electrons. The lowest BCUT2D eigenvalue weighted by atomic mass is 10.1. The molecule has 0 bridgehead atoms. The minimum absolute atomic E-state index is 0.00157. The van der Waals surface area contributed by atoms with Crippen LogP contribution >= 0.6 is 0 Å². The Hall–Kier alpha value is -3.50. The number of aryl methyl sites for hydroxylation is 2. The predicted molar refractivity (Wildman–Crippen MR) is 97.1 cm³/mol. The molecule has 0 saturated carbocycles. The molecule has 0 N–H and O–H groups in total. The van der Waals surface area contributed by atoms with Gasteiger partial charge in [-0.1, -0.05) is 18.2 Å². The number of nitro groups is 1. The van der Waals surface area contributed by atoms with Gasteiger partial charge < -0.3 is 4.90 Å². The van der Waals surface area contributed by atoms with Gasteiger partial charge in [-0.15, -0.1) is 0 Å². The standard InChI is InChI=1S/C18H16F3N5O3/c1-11-14-7-13(8-22-16(14)24(2)23-11)17(27)25(10-18(19,20)21)9-12-5-3-4-6-15(12)26(28)29/h3-8H,9-10H2,1-2H3. The first-order valence-electron chi connectivity index (χ1n) is 8.44. The first-order valence-corrected chi connectivity index (χ1v) is 8.44. The highest BCUT2D eigenvalue weighted by molar-refractivity contribution is 5.97. The van der Waals surface area contributed by atoms with E-state index in [0.29, 0.717) is 21.6 Å². The van der Waals surface area contributed by atoms with Crippen molar-refractivity contribution >= 4 is 22.6 Å². The molecule has 3 aromatic rings. The average molecular weight is 407 g/mol. The van der Waals surface area contributed by atoms with Gasteiger partial charge in [0.2, 0.25) is 0 Å². The van der Waals surface area contributed by atoms with Gasteiger partial charge in [-0.05, 0) is 13.0 Å². The van der Waals surface area contributed by atoms with Crippen molar-refractivity contribution in [1.82, 2.24) is 19.7 Å². The maximum absolute atomic E-state index is 13.1. The van der Waals surface area contributed by atoms with Gasteiger partial charge in [-0.25, -0.2) is 4.98 Å². The fraction of sp³-hybridized carbons (Fsp3) is 0.278. The molecular weight excluding hydrogens is 391 g/mol. The Morgan fingerprint density at radius 2 is 2.00 bits per heavy atom. The van der Waals surface area contributed by atoms with Crippen LogP contribution in [0.4, 0.5) is 18.9 Å². The molecule has 3 rings (SSSR count). The Morgan fingerprint density at radius 3 is 2.66 bits per heavy atom. The third-order valence-electron chi connectivity index (χ3n) is 4.32. The molecule has 1 amide bonds. The number of fused-ring (bicyclic) bond motifs is 1. The quantitative estimate of drug-likeness (QED) is 0.477. The fourth-order valence-electron chi connectivity index (χ4n) is 3.05. The number of pyridine rings is 1. The van der Waals surface area contributed by atoms with Crippen molar-refractivity contribution in [3.8, 4) is 0 Å². The van der Waals surface area contributed by atoms with E-state index >= 15 is 0 Å². The number of nitrogens with zero attached hydrogens (tertiary/aromatic N) is 5. The summed E-state index contributed by atoms with van der Waals surface area (Å²) in [5.74, 6) is -0.932. The van der Waals surface area contributed by atoms with E-state index in [4.69, 9.17) is 0 Å². The maximum atomic E-state index is 13.1. The smallest absolute Gasteiger partial charge is 0.325 e. The molecule has 0 aliphatic heterocycles. The van der Waals surface area contributed by atoms with Crippen molar-refractivity contribution in [2.24, 2.45) is 7.05 Å². The summed E-state index contributed by atoms with van der Waals surface area (Å²) < 4.78 is 40.8. The van der Waals surface area contributed by atoms with Crippen molar-refractivity contribution in [3.05, 3.63) is 63.5 Å². The highest BCUT2D eigenvalue weighted by atomic mass is 19.4. The number of hydrogen-bond acceptors (Lipinski definition) is 5. The first-order chi connectivity index (χ1) is 13.6. The van der Waals surface area contributed by atoms with E-state index in [-0.39, 0.29) is 16.8 Å². The fourth-order valence-corrected chi connectivity index (χ4v) is 3.05. The van der Waals surface area contributed by atoms with Crippen LogP contribution in [0.5, 0.6) is 0 Å². The lowest BCUT2D eigenvalue weighted by Gasteiger charge is -2.24. The van der Waals surface area contributed by atoms with Crippen LogP contribution < -0.4 is 0 Å². The lowest BCUT2D eigenvalue weighted by molar-refractivity contribution is -0.385. The largest absolute Gasteiger partial charge is 0.406 e. The van der Waals surface area contributed by atoms with Crippen LogP contribution in [-0.2, 0) is 13.6 Å². The van der Waals surface area contributed by atoms with E-state index in [1.165, 1.54) is 41.2 Å². The van der Waals surface area contributed by atoms with Crippen LogP contribution in [0.1, 0.15) is 21.6 Å². The molecule has 2 heterocycles. The van der Waals surface area contributed by atoms with Crippen LogP contribution in [0.15, 0.2) is 36.5 Å². The molecule has 0 atom stereocenters. The number of rotatable bonds is 5. The van der Waals surface area contributed by atoms with E-state index in [0.717, 1.165) is 0 Å². The highest BCUT2D eigenvalue weighted by Crippen LogP contribution is 2.25. The summed E-state index contributed by atoms with van der Waals surface area (Å²) in [6.45, 7) is -0.430. The number of hydrogen-bond donors (Lipinski definition) is 0. The van der Waals surface area contributed by atoms with Gasteiger partial charge in [0.15, 0.2) is 5.65 Å². The summed E-state index contributed by atoms with van der Waals surface area (Å²) in [5, 5.41) is 15.9. The molecule has 0 fully saturated rings. The van der Waals surface area contributed by atoms with Crippen molar-refractivity contribution in [1.29, 1.82) is 0 Å². The van der Waals surface area contributed by atoms with Crippen molar-refractivity contribution in [2.75, 3.05) is 6.54 Å². The molecule has 0 aliphatic carbocycles. The SMILES string of the molecule is Cc1nn(C)c2ncc(C(=O)N(Cc3ccccc3[N+](=O)[O-])CC(F)(F)F)cc12. The number of carbonyl (C=O) groups excluding carboxylic acids is 1. The summed E-state index contributed by atoms with van der Waals surface area (Å²) in [5.41, 5.74) is 0.646. The molecule has 0 unspecified atom stereocenters. The van der Waals surface area contributed by atoms with Crippen LogP contribution in [0.25, 0.3) is 11.0 Å². The van der Waals surface area contributed by atoms with E-state index in [1.54, 1.807) is 14.0 Å². The Morgan fingerprint density at radius 1 is 1.31 bits per heavy atom. The first kappa shape index (κ1) is 20.2. The molecule has 8 nitrogen and oxygen atoms in total. The number of halogens is 3. The zero-order valence-electron chi connectivity index (χ0n) is 15.5. The summed E-state index contributed by atoms with van der Waals surface area (Å²) in [4.78, 5) is 28.0. The van der Waals surface area contributed by atoms with Crippen LogP contribution in [0.2, 0.25) is 0 Å². The minimum Gasteiger partial charge on any atom is -0.325 e. The van der Waals surface area contributed by atoms with Crippen molar-refractivity contribution in [3.63, 3.8) is 0 Å². The Bertz CT molecular complexity index is 1090. The Kier molecular flexibility index (Phi) is 5.23. The maximum Gasteiger partial charge on any atom is 0.406 e. The number of alkyl halides is 3. The molecule has 2 aromatic heterocycles. The van der Waals surface area contributed by atoms with Crippen LogP contribution in [0.3, 0.4) is 0 Å². The zero-order chi connectivity index (χ0) is 21.3. The Balaban J connectivity index is 2.00. The summed E-state index contributed by atoms with van der Waals surface area (Å²) >= 11 is 0. The lowest BCUT2D eigenvalue weighted by Crippen LogP contribution is -2.38. The third-order valence-corrected chi connectivity index (χ3v) is 4.32. The van der Waals surface area contributed by atoms with E-state index < -0.39 is 30.1 Å². The number of para-hydroxylation sites is 1. The summed E-state index contributed by atoms with van der Waals surface area (Å²) in [6.07, 6.45) is -3.50. The second-order valence-corrected chi connectivity index (χ2v) is 6.47. The minimum atomic E-state index is -4.68. The van der Waals surface area contributed by atoms with E-state index in [1.807, 2.05) is 0 Å². The third kappa shape index (κ3) is 4.33. The highest BCUT2D eigenvalue weighted by Gasteiger charge is 2.34. The van der Waals surface area contributed by atoms with Gasteiger partial charge in [-0.3, -0.25) is 19.6 Å². The van der Waals surface area contributed by atoms with Crippen LogP contribution in [0, 0.1) is 17.0 Å². The summed E-state index contributed by atoms with van der Waals surface area (Å²) in [6, 6.07) is 6.79. The van der Waals surface area contributed by atoms with Crippen LogP contribution in [-0.4, -0.2) is 43.2 Å². The molecule has 11 heteroatoms. The number of carbonyl (C=O) groups is 1. The molecule has 29 heavy (non-hydrogen) atoms. The molecule has 0 spiro atoms. The predicted octanol–water partition coefficient (Wildman–Crippen LogP) is 3.39. The molecule has 0 saturated heterocycles. The van der Waals surface area contributed by atoms with E-state index in [2.05, 4.69) is 10.1 Å². The van der Waals surface area contributed by atoms with E-state index in [9.17, 15) is 28.1 Å². The molecule has 1 aromatic carbocycles. The topological polar surface area (TPSA) is 94.2 Å².